The van der Waals surface area contributed by atoms with Crippen LogP contribution in [0.15, 0.2) is 0 Å². The van der Waals surface area contributed by atoms with Crippen molar-refractivity contribution in [3.05, 3.63) is 0 Å². The predicted octanol–water partition coefficient (Wildman–Crippen LogP) is 0.430. The molecule has 2 heteroatoms. The zero-order valence-electron chi connectivity index (χ0n) is 7.15. The molecule has 0 spiro atoms. The molecule has 0 aliphatic rings. The third-order valence-electron chi connectivity index (χ3n) is 2.03. The Hall–Kier alpha value is 0.177. The Labute approximate surface area is 61.9 Å². The van der Waals surface area contributed by atoms with Crippen LogP contribution in [0.5, 0.6) is 0 Å². The number of hydrogen-bond donors (Lipinski definition) is 0. The minimum absolute atomic E-state index is 0.903. The number of hydrogen-bond acceptors (Lipinski definition) is 1. The fraction of sp³-hybridized carbons (Fsp3) is 1.00. The summed E-state index contributed by atoms with van der Waals surface area (Å²) in [6, 6.07) is 0. The third-order valence-corrected chi connectivity index (χ3v) is 3.57. The Morgan fingerprint density at radius 2 is 1.67 bits per heavy atom. The second kappa shape index (κ2) is 5.00. The van der Waals surface area contributed by atoms with Crippen molar-refractivity contribution < 1.29 is 0 Å². The molecule has 56 valence electrons. The van der Waals surface area contributed by atoms with Crippen LogP contribution in [0, 0.1) is 0 Å². The average Bonchev–Trinajstić information content (AvgIpc) is 1.90. The van der Waals surface area contributed by atoms with E-state index in [2.05, 4.69) is 25.7 Å². The zero-order valence-corrected chi connectivity index (χ0v) is 9.15. The molecule has 0 N–H and O–H groups in total. The lowest BCUT2D eigenvalue weighted by Crippen LogP contribution is -2.34. The van der Waals surface area contributed by atoms with E-state index in [-0.39, 0.29) is 0 Å². The number of rotatable bonds is 4. The van der Waals surface area contributed by atoms with Crippen LogP contribution in [0.3, 0.4) is 0 Å². The topological polar surface area (TPSA) is 3.24 Å². The van der Waals surface area contributed by atoms with Gasteiger partial charge in [-0.05, 0) is 25.2 Å². The zero-order chi connectivity index (χ0) is 7.28. The van der Waals surface area contributed by atoms with Gasteiger partial charge in [0.05, 0.1) is 0 Å². The standard InChI is InChI=1S/C7H19NSi/c1-4-7(9)8(5-2)6-3/h7H,4-6H2,1-3,9H3. The summed E-state index contributed by atoms with van der Waals surface area (Å²) in [6.07, 6.45) is 1.33. The van der Waals surface area contributed by atoms with Crippen LogP contribution in [-0.4, -0.2) is 33.9 Å². The molecule has 0 heterocycles. The summed E-state index contributed by atoms with van der Waals surface area (Å²) in [4.78, 5) is 2.53. The van der Waals surface area contributed by atoms with E-state index in [9.17, 15) is 0 Å². The van der Waals surface area contributed by atoms with Crippen LogP contribution in [0.25, 0.3) is 0 Å². The van der Waals surface area contributed by atoms with Crippen molar-refractivity contribution in [2.24, 2.45) is 0 Å². The van der Waals surface area contributed by atoms with Gasteiger partial charge in [0.2, 0.25) is 0 Å². The van der Waals surface area contributed by atoms with Crippen LogP contribution in [0.2, 0.25) is 0 Å². The Morgan fingerprint density at radius 1 is 1.22 bits per heavy atom. The molecular weight excluding hydrogens is 126 g/mol. The number of nitrogens with zero attached hydrogens (tertiary/aromatic N) is 1. The quantitative estimate of drug-likeness (QED) is 0.519. The van der Waals surface area contributed by atoms with Crippen molar-refractivity contribution in [1.29, 1.82) is 0 Å². The van der Waals surface area contributed by atoms with E-state index in [1.165, 1.54) is 29.8 Å². The van der Waals surface area contributed by atoms with Crippen LogP contribution in [0.1, 0.15) is 27.2 Å². The van der Waals surface area contributed by atoms with Crippen LogP contribution < -0.4 is 0 Å². The molecular formula is C7H19NSi. The van der Waals surface area contributed by atoms with Crippen molar-refractivity contribution in [1.82, 2.24) is 4.90 Å². The lowest BCUT2D eigenvalue weighted by Gasteiger charge is -2.24. The smallest absolute Gasteiger partial charge is 0.0244 e. The van der Waals surface area contributed by atoms with Crippen molar-refractivity contribution in [3.63, 3.8) is 0 Å². The van der Waals surface area contributed by atoms with E-state index in [4.69, 9.17) is 0 Å². The summed E-state index contributed by atoms with van der Waals surface area (Å²) >= 11 is 0. The van der Waals surface area contributed by atoms with Crippen LogP contribution in [-0.2, 0) is 0 Å². The van der Waals surface area contributed by atoms with Gasteiger partial charge in [-0.25, -0.2) is 0 Å². The minimum Gasteiger partial charge on any atom is -0.305 e. The van der Waals surface area contributed by atoms with Crippen molar-refractivity contribution >= 4 is 10.2 Å². The monoisotopic (exact) mass is 145 g/mol. The first-order valence-corrected chi connectivity index (χ1v) is 5.15. The van der Waals surface area contributed by atoms with E-state index >= 15 is 0 Å². The van der Waals surface area contributed by atoms with Gasteiger partial charge in [-0.1, -0.05) is 20.8 Å². The maximum Gasteiger partial charge on any atom is 0.0244 e. The highest BCUT2D eigenvalue weighted by Gasteiger charge is 2.05. The van der Waals surface area contributed by atoms with E-state index < -0.39 is 0 Å². The van der Waals surface area contributed by atoms with Gasteiger partial charge in [0.1, 0.15) is 0 Å². The highest BCUT2D eigenvalue weighted by Crippen LogP contribution is 1.97. The largest absolute Gasteiger partial charge is 0.305 e. The molecule has 0 saturated carbocycles. The Balaban J connectivity index is 3.50. The molecule has 0 radical (unpaired) electrons. The lowest BCUT2D eigenvalue weighted by atomic mass is 10.4. The highest BCUT2D eigenvalue weighted by molar-refractivity contribution is 6.11. The lowest BCUT2D eigenvalue weighted by molar-refractivity contribution is 0.273. The first kappa shape index (κ1) is 9.18. The summed E-state index contributed by atoms with van der Waals surface area (Å²) in [5.74, 6) is 0. The van der Waals surface area contributed by atoms with Gasteiger partial charge >= 0.3 is 0 Å². The van der Waals surface area contributed by atoms with Gasteiger partial charge < -0.3 is 4.90 Å². The molecule has 1 nitrogen and oxygen atoms in total. The maximum absolute atomic E-state index is 2.53. The summed E-state index contributed by atoms with van der Waals surface area (Å²) in [5.41, 5.74) is 0.903. The summed E-state index contributed by atoms with van der Waals surface area (Å²) < 4.78 is 0. The van der Waals surface area contributed by atoms with E-state index in [1.54, 1.807) is 0 Å². The van der Waals surface area contributed by atoms with Crippen molar-refractivity contribution in [3.8, 4) is 0 Å². The van der Waals surface area contributed by atoms with Crippen molar-refractivity contribution in [2.75, 3.05) is 13.1 Å². The SMILES string of the molecule is CCC([SiH3])N(CC)CC. The second-order valence-corrected chi connectivity index (χ2v) is 3.81. The maximum atomic E-state index is 2.53. The molecule has 1 unspecified atom stereocenters. The van der Waals surface area contributed by atoms with E-state index in [0.29, 0.717) is 0 Å². The molecule has 0 fully saturated rings. The van der Waals surface area contributed by atoms with Crippen LogP contribution in [0.4, 0.5) is 0 Å². The third kappa shape index (κ3) is 3.01. The fourth-order valence-electron chi connectivity index (χ4n) is 1.11. The molecule has 0 amide bonds. The van der Waals surface area contributed by atoms with Crippen LogP contribution >= 0.6 is 0 Å². The van der Waals surface area contributed by atoms with Gasteiger partial charge in [0, 0.05) is 10.2 Å². The van der Waals surface area contributed by atoms with Crippen molar-refractivity contribution in [2.45, 2.75) is 32.9 Å². The second-order valence-electron chi connectivity index (χ2n) is 2.48. The normalized spacial score (nSPS) is 14.7. The molecule has 0 bridgehead atoms. The summed E-state index contributed by atoms with van der Waals surface area (Å²) in [5, 5.41) is 0. The van der Waals surface area contributed by atoms with Gasteiger partial charge in [0.15, 0.2) is 0 Å². The summed E-state index contributed by atoms with van der Waals surface area (Å²) in [6.45, 7) is 9.20. The van der Waals surface area contributed by atoms with E-state index in [0.717, 1.165) is 5.67 Å². The molecule has 0 saturated heterocycles. The first-order chi connectivity index (χ1) is 4.26. The fourth-order valence-corrected chi connectivity index (χ4v) is 1.84. The molecule has 0 aromatic heterocycles. The molecule has 0 aromatic rings. The van der Waals surface area contributed by atoms with Gasteiger partial charge in [-0.3, -0.25) is 0 Å². The molecule has 0 aliphatic carbocycles. The Bertz CT molecular complexity index is 61.9. The van der Waals surface area contributed by atoms with Gasteiger partial charge in [-0.2, -0.15) is 0 Å². The molecule has 1 atom stereocenters. The van der Waals surface area contributed by atoms with Gasteiger partial charge in [-0.15, -0.1) is 0 Å². The minimum atomic E-state index is 0.903. The predicted molar refractivity (Wildman–Crippen MR) is 46.9 cm³/mol. The van der Waals surface area contributed by atoms with E-state index in [1.807, 2.05) is 0 Å². The van der Waals surface area contributed by atoms with Gasteiger partial charge in [0.25, 0.3) is 0 Å². The first-order valence-electron chi connectivity index (χ1n) is 4.00. The molecule has 0 rings (SSSR count). The molecule has 0 aromatic carbocycles. The summed E-state index contributed by atoms with van der Waals surface area (Å²) in [7, 11) is 1.32. The average molecular weight is 145 g/mol. The molecule has 9 heavy (non-hydrogen) atoms. The molecule has 0 aliphatic heterocycles. The Kier molecular flexibility index (Phi) is 5.10. The Morgan fingerprint density at radius 3 is 1.78 bits per heavy atom. The highest BCUT2D eigenvalue weighted by atomic mass is 28.1.